The van der Waals surface area contributed by atoms with Crippen molar-refractivity contribution in [2.24, 2.45) is 5.10 Å². The van der Waals surface area contributed by atoms with Crippen LogP contribution in [0.2, 0.25) is 0 Å². The molecule has 0 atom stereocenters. The molecule has 0 heterocycles. The van der Waals surface area contributed by atoms with Crippen LogP contribution in [0.15, 0.2) is 120 Å². The van der Waals surface area contributed by atoms with E-state index in [1.807, 2.05) is 6.21 Å². The second-order valence-corrected chi connectivity index (χ2v) is 8.13. The normalized spacial score (nSPS) is 12.8. The molecule has 0 unspecified atom stereocenters. The standard InChI is InChI=1S/C30H22N2/c1-3-13-23-21(10-1)12-9-19-29(23)32-31-20-22-11-2-4-14-24(22)30-27-17-7-5-15-25(27)26-16-6-8-18-28(26)30/h1-20,30,32H. The van der Waals surface area contributed by atoms with Crippen molar-refractivity contribution in [3.8, 4) is 11.1 Å². The number of benzene rings is 5. The Hall–Kier alpha value is -4.17. The number of hydrogen-bond acceptors (Lipinski definition) is 2. The van der Waals surface area contributed by atoms with Crippen LogP contribution in [0, 0.1) is 0 Å². The van der Waals surface area contributed by atoms with Crippen molar-refractivity contribution in [2.75, 3.05) is 5.43 Å². The molecule has 2 heteroatoms. The highest BCUT2D eigenvalue weighted by atomic mass is 15.3. The van der Waals surface area contributed by atoms with Crippen molar-refractivity contribution in [3.05, 3.63) is 138 Å². The van der Waals surface area contributed by atoms with Gasteiger partial charge in [-0.1, -0.05) is 109 Å². The van der Waals surface area contributed by atoms with E-state index in [-0.39, 0.29) is 5.92 Å². The first kappa shape index (κ1) is 18.6. The number of hydrogen-bond donors (Lipinski definition) is 1. The molecule has 5 aromatic carbocycles. The van der Waals surface area contributed by atoms with Crippen LogP contribution in [0.5, 0.6) is 0 Å². The van der Waals surface area contributed by atoms with E-state index < -0.39 is 0 Å². The Morgan fingerprint density at radius 3 is 1.94 bits per heavy atom. The zero-order chi connectivity index (χ0) is 21.3. The van der Waals surface area contributed by atoms with Crippen LogP contribution in [0.4, 0.5) is 5.69 Å². The molecule has 0 fully saturated rings. The quantitative estimate of drug-likeness (QED) is 0.237. The zero-order valence-corrected chi connectivity index (χ0v) is 17.6. The third-order valence-corrected chi connectivity index (χ3v) is 6.32. The van der Waals surface area contributed by atoms with Crippen molar-refractivity contribution >= 4 is 22.7 Å². The lowest BCUT2D eigenvalue weighted by atomic mass is 9.87. The van der Waals surface area contributed by atoms with Gasteiger partial charge in [0, 0.05) is 11.3 Å². The minimum atomic E-state index is 0.211. The fourth-order valence-electron chi connectivity index (χ4n) is 4.88. The van der Waals surface area contributed by atoms with Crippen molar-refractivity contribution in [1.29, 1.82) is 0 Å². The molecule has 1 N–H and O–H groups in total. The van der Waals surface area contributed by atoms with Gasteiger partial charge in [-0.05, 0) is 44.8 Å². The predicted octanol–water partition coefficient (Wildman–Crippen LogP) is 7.45. The Labute approximate surface area is 187 Å². The van der Waals surface area contributed by atoms with Gasteiger partial charge in [-0.25, -0.2) is 0 Å². The average molecular weight is 411 g/mol. The predicted molar refractivity (Wildman–Crippen MR) is 134 cm³/mol. The number of nitrogens with zero attached hydrogens (tertiary/aromatic N) is 1. The maximum atomic E-state index is 4.63. The zero-order valence-electron chi connectivity index (χ0n) is 17.6. The smallest absolute Gasteiger partial charge is 0.0640 e. The van der Waals surface area contributed by atoms with Crippen molar-refractivity contribution in [1.82, 2.24) is 0 Å². The molecule has 0 aliphatic heterocycles. The van der Waals surface area contributed by atoms with Crippen molar-refractivity contribution < 1.29 is 0 Å². The lowest BCUT2D eigenvalue weighted by Gasteiger charge is -2.17. The van der Waals surface area contributed by atoms with Crippen LogP contribution in [-0.2, 0) is 0 Å². The minimum Gasteiger partial charge on any atom is -0.278 e. The summed E-state index contributed by atoms with van der Waals surface area (Å²) in [5.74, 6) is 0.211. The van der Waals surface area contributed by atoms with Gasteiger partial charge in [0.2, 0.25) is 0 Å². The molecular weight excluding hydrogens is 388 g/mol. The van der Waals surface area contributed by atoms with Crippen LogP contribution in [0.25, 0.3) is 21.9 Å². The highest BCUT2D eigenvalue weighted by molar-refractivity contribution is 5.94. The Morgan fingerprint density at radius 2 is 1.16 bits per heavy atom. The molecule has 6 rings (SSSR count). The van der Waals surface area contributed by atoms with Crippen LogP contribution in [0.1, 0.15) is 28.2 Å². The first-order valence-corrected chi connectivity index (χ1v) is 10.9. The van der Waals surface area contributed by atoms with E-state index in [2.05, 4.69) is 126 Å². The number of anilines is 1. The van der Waals surface area contributed by atoms with Crippen LogP contribution in [0.3, 0.4) is 0 Å². The monoisotopic (exact) mass is 410 g/mol. The molecule has 32 heavy (non-hydrogen) atoms. The lowest BCUT2D eigenvalue weighted by Crippen LogP contribution is -2.04. The fraction of sp³-hybridized carbons (Fsp3) is 0.0333. The molecule has 0 radical (unpaired) electrons. The Balaban J connectivity index is 1.39. The molecule has 1 aliphatic rings. The molecule has 1 aliphatic carbocycles. The summed E-state index contributed by atoms with van der Waals surface area (Å²) < 4.78 is 0. The summed E-state index contributed by atoms with van der Waals surface area (Å²) in [7, 11) is 0. The van der Waals surface area contributed by atoms with Gasteiger partial charge in [-0.15, -0.1) is 0 Å². The molecule has 0 aromatic heterocycles. The second kappa shape index (κ2) is 7.82. The maximum Gasteiger partial charge on any atom is 0.0640 e. The van der Waals surface area contributed by atoms with Gasteiger partial charge in [-0.2, -0.15) is 5.10 Å². The highest BCUT2D eigenvalue weighted by Gasteiger charge is 2.30. The summed E-state index contributed by atoms with van der Waals surface area (Å²) in [6, 6.07) is 40.6. The molecular formula is C30H22N2. The van der Waals surface area contributed by atoms with Crippen LogP contribution >= 0.6 is 0 Å². The van der Waals surface area contributed by atoms with Gasteiger partial charge in [0.1, 0.15) is 0 Å². The molecule has 0 saturated carbocycles. The van der Waals surface area contributed by atoms with Gasteiger partial charge < -0.3 is 0 Å². The number of fused-ring (bicyclic) bond motifs is 4. The highest BCUT2D eigenvalue weighted by Crippen LogP contribution is 2.48. The minimum absolute atomic E-state index is 0.211. The van der Waals surface area contributed by atoms with Crippen molar-refractivity contribution in [2.45, 2.75) is 5.92 Å². The maximum absolute atomic E-state index is 4.63. The van der Waals surface area contributed by atoms with Gasteiger partial charge in [0.15, 0.2) is 0 Å². The van der Waals surface area contributed by atoms with Crippen LogP contribution in [-0.4, -0.2) is 6.21 Å². The van der Waals surface area contributed by atoms with E-state index in [1.165, 1.54) is 38.6 Å². The summed E-state index contributed by atoms with van der Waals surface area (Å²) in [5.41, 5.74) is 12.0. The largest absolute Gasteiger partial charge is 0.278 e. The van der Waals surface area contributed by atoms with E-state index in [4.69, 9.17) is 0 Å². The van der Waals surface area contributed by atoms with E-state index in [0.717, 1.165) is 11.3 Å². The summed E-state index contributed by atoms with van der Waals surface area (Å²) in [5, 5.41) is 7.00. The molecule has 2 nitrogen and oxygen atoms in total. The molecule has 0 amide bonds. The fourth-order valence-corrected chi connectivity index (χ4v) is 4.88. The van der Waals surface area contributed by atoms with Gasteiger partial charge in [0.05, 0.1) is 11.9 Å². The molecule has 5 aromatic rings. The van der Waals surface area contributed by atoms with Gasteiger partial charge in [0.25, 0.3) is 0 Å². The van der Waals surface area contributed by atoms with Gasteiger partial charge in [-0.3, -0.25) is 5.43 Å². The third kappa shape index (κ3) is 3.09. The number of nitrogens with one attached hydrogen (secondary N) is 1. The Kier molecular flexibility index (Phi) is 4.54. The third-order valence-electron chi connectivity index (χ3n) is 6.32. The number of rotatable bonds is 4. The van der Waals surface area contributed by atoms with Crippen molar-refractivity contribution in [3.63, 3.8) is 0 Å². The lowest BCUT2D eigenvalue weighted by molar-refractivity contribution is 1.01. The Morgan fingerprint density at radius 1 is 0.562 bits per heavy atom. The SMILES string of the molecule is C(=NNc1cccc2ccccc12)c1ccccc1C1c2ccccc2-c2ccccc21. The first-order chi connectivity index (χ1) is 15.9. The topological polar surface area (TPSA) is 24.4 Å². The van der Waals surface area contributed by atoms with Crippen LogP contribution < -0.4 is 5.43 Å². The Bertz CT molecular complexity index is 1410. The molecule has 152 valence electrons. The molecule has 0 spiro atoms. The summed E-state index contributed by atoms with van der Waals surface area (Å²) in [4.78, 5) is 0. The molecule has 0 bridgehead atoms. The summed E-state index contributed by atoms with van der Waals surface area (Å²) >= 11 is 0. The van der Waals surface area contributed by atoms with E-state index in [1.54, 1.807) is 0 Å². The van der Waals surface area contributed by atoms with Gasteiger partial charge >= 0.3 is 0 Å². The van der Waals surface area contributed by atoms with E-state index in [0.29, 0.717) is 0 Å². The first-order valence-electron chi connectivity index (χ1n) is 10.9. The second-order valence-electron chi connectivity index (χ2n) is 8.13. The average Bonchev–Trinajstić information content (AvgIpc) is 3.19. The van der Waals surface area contributed by atoms with E-state index in [9.17, 15) is 0 Å². The summed E-state index contributed by atoms with van der Waals surface area (Å²) in [6.07, 6.45) is 1.95. The summed E-state index contributed by atoms with van der Waals surface area (Å²) in [6.45, 7) is 0. The molecule has 0 saturated heterocycles. The van der Waals surface area contributed by atoms with E-state index >= 15 is 0 Å². The number of hydrazone groups is 1.